The number of anilines is 2. The third-order valence-corrected chi connectivity index (χ3v) is 3.01. The predicted molar refractivity (Wildman–Crippen MR) is 73.4 cm³/mol. The Morgan fingerprint density at radius 2 is 2.40 bits per heavy atom. The SMILES string of the molecule is CCNc1ncc([N+](=O)[O-])c(N(CCC#N)C2CC2)n1. The summed E-state index contributed by atoms with van der Waals surface area (Å²) in [7, 11) is 0. The zero-order valence-corrected chi connectivity index (χ0v) is 11.2. The highest BCUT2D eigenvalue weighted by atomic mass is 16.6. The normalized spacial score (nSPS) is 13.6. The van der Waals surface area contributed by atoms with Crippen molar-refractivity contribution in [3.63, 3.8) is 0 Å². The van der Waals surface area contributed by atoms with Crippen LogP contribution in [0.4, 0.5) is 17.5 Å². The molecule has 1 heterocycles. The predicted octanol–water partition coefficient (Wildman–Crippen LogP) is 1.70. The Kier molecular flexibility index (Phi) is 4.30. The zero-order chi connectivity index (χ0) is 14.5. The summed E-state index contributed by atoms with van der Waals surface area (Å²) in [4.78, 5) is 20.7. The molecule has 0 radical (unpaired) electrons. The molecule has 0 amide bonds. The molecule has 1 aromatic rings. The Hall–Kier alpha value is -2.43. The quantitative estimate of drug-likeness (QED) is 0.596. The molecule has 0 atom stereocenters. The number of nitrogens with zero attached hydrogens (tertiary/aromatic N) is 5. The van der Waals surface area contributed by atoms with Gasteiger partial charge in [-0.2, -0.15) is 10.2 Å². The highest BCUT2D eigenvalue weighted by Gasteiger charge is 2.34. The first-order valence-corrected chi connectivity index (χ1v) is 6.56. The van der Waals surface area contributed by atoms with Gasteiger partial charge < -0.3 is 10.2 Å². The fourth-order valence-electron chi connectivity index (χ4n) is 1.97. The van der Waals surface area contributed by atoms with E-state index in [1.807, 2.05) is 11.8 Å². The number of aromatic nitrogens is 2. The molecule has 0 spiro atoms. The maximum absolute atomic E-state index is 11.1. The molecule has 0 aromatic carbocycles. The van der Waals surface area contributed by atoms with Gasteiger partial charge in [-0.25, -0.2) is 4.98 Å². The smallest absolute Gasteiger partial charge is 0.329 e. The second kappa shape index (κ2) is 6.14. The van der Waals surface area contributed by atoms with Crippen molar-refractivity contribution in [1.29, 1.82) is 5.26 Å². The minimum absolute atomic E-state index is 0.114. The Labute approximate surface area is 116 Å². The van der Waals surface area contributed by atoms with Crippen LogP contribution >= 0.6 is 0 Å². The molecule has 0 aliphatic heterocycles. The van der Waals surface area contributed by atoms with E-state index >= 15 is 0 Å². The Morgan fingerprint density at radius 3 is 2.95 bits per heavy atom. The Balaban J connectivity index is 2.35. The first-order valence-electron chi connectivity index (χ1n) is 6.56. The molecule has 0 saturated heterocycles. The van der Waals surface area contributed by atoms with Gasteiger partial charge in [-0.3, -0.25) is 10.1 Å². The summed E-state index contributed by atoms with van der Waals surface area (Å²) < 4.78 is 0. The van der Waals surface area contributed by atoms with Gasteiger partial charge in [0.1, 0.15) is 6.20 Å². The van der Waals surface area contributed by atoms with Gasteiger partial charge >= 0.3 is 5.69 Å². The van der Waals surface area contributed by atoms with Crippen molar-refractivity contribution in [1.82, 2.24) is 9.97 Å². The number of hydrogen-bond acceptors (Lipinski definition) is 7. The van der Waals surface area contributed by atoms with Crippen LogP contribution in [0.15, 0.2) is 6.20 Å². The van der Waals surface area contributed by atoms with Gasteiger partial charge in [0.2, 0.25) is 11.8 Å². The van der Waals surface area contributed by atoms with E-state index in [0.29, 0.717) is 31.3 Å². The molecule has 2 rings (SSSR count). The standard InChI is InChI=1S/C12H16N6O2/c1-2-14-12-15-8-10(18(19)20)11(16-12)17(7-3-6-13)9-4-5-9/h8-9H,2-5,7H2,1H3,(H,14,15,16). The van der Waals surface area contributed by atoms with Crippen LogP contribution in [0.5, 0.6) is 0 Å². The van der Waals surface area contributed by atoms with Crippen molar-refractivity contribution in [3.05, 3.63) is 16.3 Å². The van der Waals surface area contributed by atoms with Crippen molar-refractivity contribution >= 4 is 17.5 Å². The third kappa shape index (κ3) is 3.12. The molecule has 20 heavy (non-hydrogen) atoms. The number of hydrogen-bond donors (Lipinski definition) is 1. The summed E-state index contributed by atoms with van der Waals surface area (Å²) in [5.41, 5.74) is -0.114. The van der Waals surface area contributed by atoms with E-state index in [9.17, 15) is 10.1 Å². The monoisotopic (exact) mass is 276 g/mol. The maximum Gasteiger partial charge on any atom is 0.329 e. The lowest BCUT2D eigenvalue weighted by Crippen LogP contribution is -2.28. The lowest BCUT2D eigenvalue weighted by atomic mass is 10.3. The van der Waals surface area contributed by atoms with Crippen LogP contribution in [0.25, 0.3) is 0 Å². The minimum Gasteiger partial charge on any atom is -0.354 e. The third-order valence-electron chi connectivity index (χ3n) is 3.01. The van der Waals surface area contributed by atoms with Gasteiger partial charge in [-0.15, -0.1) is 0 Å². The average Bonchev–Trinajstić information content (AvgIpc) is 3.24. The zero-order valence-electron chi connectivity index (χ0n) is 11.2. The van der Waals surface area contributed by atoms with E-state index in [4.69, 9.17) is 5.26 Å². The van der Waals surface area contributed by atoms with Crippen molar-refractivity contribution in [2.45, 2.75) is 32.2 Å². The van der Waals surface area contributed by atoms with Crippen LogP contribution in [-0.2, 0) is 0 Å². The van der Waals surface area contributed by atoms with Crippen LogP contribution in [0.3, 0.4) is 0 Å². The maximum atomic E-state index is 11.1. The molecule has 1 aliphatic rings. The molecule has 8 heteroatoms. The lowest BCUT2D eigenvalue weighted by molar-refractivity contribution is -0.384. The lowest BCUT2D eigenvalue weighted by Gasteiger charge is -2.22. The van der Waals surface area contributed by atoms with E-state index < -0.39 is 4.92 Å². The second-order valence-electron chi connectivity index (χ2n) is 4.52. The largest absolute Gasteiger partial charge is 0.354 e. The van der Waals surface area contributed by atoms with E-state index in [1.54, 1.807) is 0 Å². The summed E-state index contributed by atoms with van der Waals surface area (Å²) in [6.45, 7) is 2.99. The Bertz CT molecular complexity index is 537. The van der Waals surface area contributed by atoms with E-state index in [0.717, 1.165) is 12.8 Å². The van der Waals surface area contributed by atoms with Crippen molar-refractivity contribution in [2.75, 3.05) is 23.3 Å². The summed E-state index contributed by atoms with van der Waals surface area (Å²) >= 11 is 0. The number of nitriles is 1. The van der Waals surface area contributed by atoms with Gasteiger partial charge in [0.25, 0.3) is 0 Å². The molecule has 1 N–H and O–H groups in total. The molecular formula is C12H16N6O2. The van der Waals surface area contributed by atoms with Crippen LogP contribution < -0.4 is 10.2 Å². The molecule has 106 valence electrons. The van der Waals surface area contributed by atoms with Crippen LogP contribution in [0.1, 0.15) is 26.2 Å². The number of nitro groups is 1. The van der Waals surface area contributed by atoms with Gasteiger partial charge in [-0.05, 0) is 19.8 Å². The van der Waals surface area contributed by atoms with E-state index in [1.165, 1.54) is 6.20 Å². The number of nitrogens with one attached hydrogen (secondary N) is 1. The Morgan fingerprint density at radius 1 is 1.65 bits per heavy atom. The van der Waals surface area contributed by atoms with Crippen LogP contribution in [0.2, 0.25) is 0 Å². The molecule has 0 unspecified atom stereocenters. The highest BCUT2D eigenvalue weighted by Crippen LogP contribution is 2.35. The fraction of sp³-hybridized carbons (Fsp3) is 0.583. The van der Waals surface area contributed by atoms with Gasteiger partial charge in [-0.1, -0.05) is 0 Å². The van der Waals surface area contributed by atoms with Gasteiger partial charge in [0.15, 0.2) is 0 Å². The van der Waals surface area contributed by atoms with Crippen LogP contribution in [-0.4, -0.2) is 34.0 Å². The average molecular weight is 276 g/mol. The molecule has 1 aliphatic carbocycles. The topological polar surface area (TPSA) is 108 Å². The summed E-state index contributed by atoms with van der Waals surface area (Å²) in [5, 5.41) is 22.8. The van der Waals surface area contributed by atoms with Crippen molar-refractivity contribution in [2.24, 2.45) is 0 Å². The molecular weight excluding hydrogens is 260 g/mol. The van der Waals surface area contributed by atoms with Gasteiger partial charge in [0, 0.05) is 19.1 Å². The first-order chi connectivity index (χ1) is 9.67. The molecule has 1 fully saturated rings. The van der Waals surface area contributed by atoms with E-state index in [-0.39, 0.29) is 11.7 Å². The van der Waals surface area contributed by atoms with Crippen molar-refractivity contribution < 1.29 is 4.92 Å². The highest BCUT2D eigenvalue weighted by molar-refractivity contribution is 5.60. The summed E-state index contributed by atoms with van der Waals surface area (Å²) in [6, 6.07) is 2.31. The number of rotatable bonds is 7. The van der Waals surface area contributed by atoms with Gasteiger partial charge in [0.05, 0.1) is 17.4 Å². The minimum atomic E-state index is -0.479. The summed E-state index contributed by atoms with van der Waals surface area (Å²) in [5.74, 6) is 0.675. The molecule has 0 bridgehead atoms. The van der Waals surface area contributed by atoms with E-state index in [2.05, 4.69) is 21.4 Å². The molecule has 8 nitrogen and oxygen atoms in total. The molecule has 1 saturated carbocycles. The van der Waals surface area contributed by atoms with Crippen LogP contribution in [0, 0.1) is 21.4 Å². The first kappa shape index (κ1) is 14.0. The van der Waals surface area contributed by atoms with Crippen molar-refractivity contribution in [3.8, 4) is 6.07 Å². The second-order valence-corrected chi connectivity index (χ2v) is 4.52. The summed E-state index contributed by atoms with van der Waals surface area (Å²) in [6.07, 6.45) is 3.49. The fourth-order valence-corrected chi connectivity index (χ4v) is 1.97. The molecule has 1 aromatic heterocycles.